The van der Waals surface area contributed by atoms with Crippen LogP contribution in [-0.2, 0) is 11.3 Å². The zero-order valence-corrected chi connectivity index (χ0v) is 17.5. The lowest BCUT2D eigenvalue weighted by Crippen LogP contribution is -2.30. The maximum atomic E-state index is 12.2. The van der Waals surface area contributed by atoms with Gasteiger partial charge in [0.25, 0.3) is 0 Å². The van der Waals surface area contributed by atoms with Crippen molar-refractivity contribution >= 4 is 47.1 Å². The molecule has 1 aromatic carbocycles. The second kappa shape index (κ2) is 6.78. The van der Waals surface area contributed by atoms with Gasteiger partial charge in [-0.2, -0.15) is 0 Å². The second-order valence-corrected chi connectivity index (χ2v) is 8.73. The molecule has 2 aromatic rings. The van der Waals surface area contributed by atoms with Crippen LogP contribution in [0.15, 0.2) is 18.2 Å². The molecule has 1 heterocycles. The van der Waals surface area contributed by atoms with Crippen molar-refractivity contribution in [3.63, 3.8) is 0 Å². The Hall–Kier alpha value is -0.890. The summed E-state index contributed by atoms with van der Waals surface area (Å²) in [6.45, 7) is 6.93. The van der Waals surface area contributed by atoms with E-state index in [4.69, 9.17) is 4.74 Å². The number of benzene rings is 1. The molecule has 0 atom stereocenters. The van der Waals surface area contributed by atoms with E-state index < -0.39 is 0 Å². The summed E-state index contributed by atoms with van der Waals surface area (Å²) in [4.78, 5) is 12.2. The highest BCUT2D eigenvalue weighted by molar-refractivity contribution is 14.2. The molecule has 0 bridgehead atoms. The number of hydrogen-bond acceptors (Lipinski definition) is 3. The molecule has 1 amide bonds. The number of rotatable bonds is 6. The van der Waals surface area contributed by atoms with Crippen LogP contribution < -0.4 is 10.1 Å². The van der Waals surface area contributed by atoms with Gasteiger partial charge in [0.15, 0.2) is 0 Å². The molecular formula is C18H23IN2O2S. The molecule has 1 fully saturated rings. The van der Waals surface area contributed by atoms with Gasteiger partial charge in [-0.25, -0.2) is 0 Å². The van der Waals surface area contributed by atoms with Gasteiger partial charge in [-0.1, -0.05) is 20.8 Å². The number of amides is 1. The van der Waals surface area contributed by atoms with E-state index in [0.29, 0.717) is 12.5 Å². The van der Waals surface area contributed by atoms with E-state index in [2.05, 4.69) is 62.5 Å². The number of hydrogen-bond donors (Lipinski definition) is 1. The molecule has 6 heteroatoms. The predicted octanol–water partition coefficient (Wildman–Crippen LogP) is 5.04. The van der Waals surface area contributed by atoms with Crippen LogP contribution in [0.25, 0.3) is 10.9 Å². The monoisotopic (exact) mass is 458 g/mol. The fourth-order valence-electron chi connectivity index (χ4n) is 2.92. The molecule has 0 aliphatic heterocycles. The van der Waals surface area contributed by atoms with Crippen LogP contribution in [0, 0.1) is 5.41 Å². The van der Waals surface area contributed by atoms with Crippen molar-refractivity contribution < 1.29 is 9.53 Å². The van der Waals surface area contributed by atoms with Gasteiger partial charge in [-0.15, -0.1) is 0 Å². The van der Waals surface area contributed by atoms with E-state index in [1.165, 1.54) is 10.9 Å². The van der Waals surface area contributed by atoms with Gasteiger partial charge >= 0.3 is 0 Å². The first-order chi connectivity index (χ1) is 11.4. The zero-order valence-electron chi connectivity index (χ0n) is 14.5. The summed E-state index contributed by atoms with van der Waals surface area (Å²) in [6, 6.07) is 6.47. The number of fused-ring (bicyclic) bond motifs is 1. The average molecular weight is 458 g/mol. The maximum Gasteiger partial charge on any atom is 0.226 e. The normalized spacial score (nSPS) is 15.8. The minimum Gasteiger partial charge on any atom is -0.496 e. The molecule has 3 rings (SSSR count). The smallest absolute Gasteiger partial charge is 0.226 e. The standard InChI is InChI=1S/C18H23IN2O2S/c1-11(2)14-8-12-7-13(10-20-17(22)18(3)5-6-18)21(24-19)15(12)9-16(14)23-4/h7-9,11H,5-6,10H2,1-4H3,(H,20,22). The second-order valence-electron chi connectivity index (χ2n) is 7.05. The van der Waals surface area contributed by atoms with Crippen molar-refractivity contribution in [2.75, 3.05) is 7.11 Å². The number of carbonyl (C=O) groups is 1. The van der Waals surface area contributed by atoms with Gasteiger partial charge in [0.05, 0.1) is 24.9 Å². The van der Waals surface area contributed by atoms with E-state index in [0.717, 1.165) is 29.8 Å². The predicted molar refractivity (Wildman–Crippen MR) is 109 cm³/mol. The minimum absolute atomic E-state index is 0.137. The third kappa shape index (κ3) is 3.27. The molecule has 1 aliphatic carbocycles. The lowest BCUT2D eigenvalue weighted by Gasteiger charge is -2.13. The summed E-state index contributed by atoms with van der Waals surface area (Å²) in [6.07, 6.45) is 2.00. The van der Waals surface area contributed by atoms with Crippen LogP contribution in [0.1, 0.15) is 50.8 Å². The number of carbonyl (C=O) groups excluding carboxylic acids is 1. The molecule has 1 N–H and O–H groups in total. The highest BCUT2D eigenvalue weighted by atomic mass is 127. The lowest BCUT2D eigenvalue weighted by molar-refractivity contribution is -0.125. The van der Waals surface area contributed by atoms with Gasteiger partial charge in [0.1, 0.15) is 5.75 Å². The molecular weight excluding hydrogens is 435 g/mol. The molecule has 0 spiro atoms. The Bertz CT molecular complexity index is 781. The van der Waals surface area contributed by atoms with Crippen LogP contribution >= 0.6 is 30.3 Å². The van der Waals surface area contributed by atoms with Crippen LogP contribution in [0.5, 0.6) is 5.75 Å². The number of aromatic nitrogens is 1. The highest BCUT2D eigenvalue weighted by Crippen LogP contribution is 2.45. The first kappa shape index (κ1) is 17.9. The third-order valence-electron chi connectivity index (χ3n) is 4.85. The topological polar surface area (TPSA) is 43.3 Å². The van der Waals surface area contributed by atoms with E-state index in [1.807, 2.05) is 6.92 Å². The van der Waals surface area contributed by atoms with Crippen LogP contribution in [-0.4, -0.2) is 17.0 Å². The fourth-order valence-corrected chi connectivity index (χ4v) is 4.75. The SMILES string of the molecule is COc1cc2c(cc1C(C)C)cc(CNC(=O)C1(C)CC1)n2SI. The molecule has 4 nitrogen and oxygen atoms in total. The van der Waals surface area contributed by atoms with Crippen molar-refractivity contribution in [3.8, 4) is 5.75 Å². The van der Waals surface area contributed by atoms with Crippen LogP contribution in [0.3, 0.4) is 0 Å². The van der Waals surface area contributed by atoms with Crippen LogP contribution in [0.4, 0.5) is 0 Å². The van der Waals surface area contributed by atoms with Crippen molar-refractivity contribution in [1.29, 1.82) is 0 Å². The fraction of sp³-hybridized carbons (Fsp3) is 0.500. The van der Waals surface area contributed by atoms with Crippen LogP contribution in [0.2, 0.25) is 0 Å². The lowest BCUT2D eigenvalue weighted by atomic mass is 10.0. The van der Waals surface area contributed by atoms with Crippen molar-refractivity contribution in [2.45, 2.75) is 46.1 Å². The first-order valence-electron chi connectivity index (χ1n) is 8.19. The zero-order chi connectivity index (χ0) is 17.5. The Balaban J connectivity index is 1.94. The van der Waals surface area contributed by atoms with E-state index in [9.17, 15) is 4.79 Å². The molecule has 0 unspecified atom stereocenters. The van der Waals surface area contributed by atoms with E-state index in [-0.39, 0.29) is 11.3 Å². The minimum atomic E-state index is -0.137. The van der Waals surface area contributed by atoms with E-state index >= 15 is 0 Å². The number of nitrogens with one attached hydrogen (secondary N) is 1. The number of ether oxygens (including phenoxy) is 1. The first-order valence-corrected chi connectivity index (χ1v) is 11.5. The number of nitrogens with zero attached hydrogens (tertiary/aromatic N) is 1. The molecule has 0 saturated heterocycles. The van der Waals surface area contributed by atoms with Gasteiger partial charge in [0, 0.05) is 47.2 Å². The van der Waals surface area contributed by atoms with Gasteiger partial charge in [0.2, 0.25) is 5.91 Å². The van der Waals surface area contributed by atoms with Crippen molar-refractivity contribution in [3.05, 3.63) is 29.5 Å². The van der Waals surface area contributed by atoms with Gasteiger partial charge in [-0.05, 0) is 36.5 Å². The summed E-state index contributed by atoms with van der Waals surface area (Å²) in [5, 5.41) is 4.28. The Morgan fingerprint density at radius 1 is 1.42 bits per heavy atom. The Labute approximate surface area is 159 Å². The number of halogens is 1. The summed E-state index contributed by atoms with van der Waals surface area (Å²) in [5.41, 5.74) is 3.30. The largest absolute Gasteiger partial charge is 0.496 e. The number of methoxy groups -OCH3 is 1. The summed E-state index contributed by atoms with van der Waals surface area (Å²) >= 11 is 2.28. The average Bonchev–Trinajstić information content (AvgIpc) is 3.22. The Morgan fingerprint density at radius 3 is 2.67 bits per heavy atom. The maximum absolute atomic E-state index is 12.2. The Morgan fingerprint density at radius 2 is 2.12 bits per heavy atom. The molecule has 1 saturated carbocycles. The summed E-state index contributed by atoms with van der Waals surface area (Å²) < 4.78 is 7.74. The van der Waals surface area contributed by atoms with E-state index in [1.54, 1.807) is 16.2 Å². The van der Waals surface area contributed by atoms with Crippen molar-refractivity contribution in [1.82, 2.24) is 9.29 Å². The highest BCUT2D eigenvalue weighted by Gasteiger charge is 2.44. The molecule has 0 radical (unpaired) electrons. The van der Waals surface area contributed by atoms with Crippen molar-refractivity contribution in [2.24, 2.45) is 5.41 Å². The molecule has 130 valence electrons. The molecule has 1 aliphatic rings. The van der Waals surface area contributed by atoms with Gasteiger partial charge in [-0.3, -0.25) is 8.77 Å². The molecule has 1 aromatic heterocycles. The summed E-state index contributed by atoms with van der Waals surface area (Å²) in [5.74, 6) is 1.49. The Kier molecular flexibility index (Phi) is 5.06. The van der Waals surface area contributed by atoms with Gasteiger partial charge < -0.3 is 10.1 Å². The quantitative estimate of drug-likeness (QED) is 0.618. The third-order valence-corrected chi connectivity index (χ3v) is 6.60. The summed E-state index contributed by atoms with van der Waals surface area (Å²) in [7, 11) is 3.34. The molecule has 24 heavy (non-hydrogen) atoms.